The first-order valence-corrected chi connectivity index (χ1v) is 10.9. The number of amides is 2. The van der Waals surface area contributed by atoms with Crippen molar-refractivity contribution in [1.82, 2.24) is 21.3 Å². The fourth-order valence-electron chi connectivity index (χ4n) is 1.82. The number of aliphatic imine (C=N–C) groups is 1. The molecule has 0 aliphatic heterocycles. The van der Waals surface area contributed by atoms with Gasteiger partial charge in [-0.05, 0) is 0 Å². The van der Waals surface area contributed by atoms with Gasteiger partial charge >= 0.3 is 17.9 Å². The number of carbonyl (C=O) groups is 5. The molecule has 0 aromatic rings. The van der Waals surface area contributed by atoms with Gasteiger partial charge in [-0.1, -0.05) is 0 Å². The Morgan fingerprint density at radius 2 is 0.969 bits per heavy atom. The van der Waals surface area contributed by atoms with Gasteiger partial charge in [0.25, 0.3) is 0 Å². The molecular formula is C15H25N5O8S4. The number of aliphatic carboxylic acids is 3. The number of nitrogens with one attached hydrogen (secondary N) is 4. The molecule has 0 radical (unpaired) electrons. The van der Waals surface area contributed by atoms with Crippen molar-refractivity contribution in [3.05, 3.63) is 0 Å². The number of carboxylic acid groups (broad SMARTS) is 3. The van der Waals surface area contributed by atoms with Crippen molar-refractivity contribution in [2.45, 2.75) is 21.0 Å². The van der Waals surface area contributed by atoms with E-state index in [1.165, 1.54) is 0 Å². The van der Waals surface area contributed by atoms with Gasteiger partial charge in [0.15, 0.2) is 5.96 Å². The molecule has 0 heterocycles. The highest BCUT2D eigenvalue weighted by Gasteiger charge is 2.28. The van der Waals surface area contributed by atoms with Gasteiger partial charge in [-0.2, -0.15) is 50.5 Å². The van der Waals surface area contributed by atoms with E-state index in [1.807, 2.05) is 0 Å². The van der Waals surface area contributed by atoms with Crippen LogP contribution in [0.4, 0.5) is 0 Å². The number of hydrogen-bond donors (Lipinski definition) is 11. The minimum atomic E-state index is -1.29. The summed E-state index contributed by atoms with van der Waals surface area (Å²) in [4.78, 5) is 59.8. The van der Waals surface area contributed by atoms with Gasteiger partial charge in [0.2, 0.25) is 11.8 Å². The van der Waals surface area contributed by atoms with Crippen LogP contribution in [0.15, 0.2) is 4.99 Å². The Kier molecular flexibility index (Phi) is 14.8. The summed E-state index contributed by atoms with van der Waals surface area (Å²) in [7, 11) is 0. The molecule has 0 saturated carbocycles. The van der Waals surface area contributed by atoms with Crippen LogP contribution in [0.5, 0.6) is 0 Å². The fraction of sp³-hybridized carbons (Fsp3) is 0.600. The average molecular weight is 532 g/mol. The van der Waals surface area contributed by atoms with E-state index in [4.69, 9.17) is 15.3 Å². The second-order valence-corrected chi connectivity index (χ2v) is 8.18. The summed E-state index contributed by atoms with van der Waals surface area (Å²) in [6, 6.07) is 0. The molecular weight excluding hydrogens is 506 g/mol. The molecule has 0 spiro atoms. The lowest BCUT2D eigenvalue weighted by Crippen LogP contribution is -2.47. The molecule has 4 atom stereocenters. The summed E-state index contributed by atoms with van der Waals surface area (Å²) < 4.78 is 0. The molecule has 0 bridgehead atoms. The van der Waals surface area contributed by atoms with Gasteiger partial charge in [0.05, 0.1) is 0 Å². The normalized spacial score (nSPS) is 14.1. The van der Waals surface area contributed by atoms with Crippen LogP contribution in [0.2, 0.25) is 0 Å². The third-order valence-corrected chi connectivity index (χ3v) is 6.02. The summed E-state index contributed by atoms with van der Waals surface area (Å²) in [6.45, 7) is -0.258. The van der Waals surface area contributed by atoms with Gasteiger partial charge < -0.3 is 36.6 Å². The van der Waals surface area contributed by atoms with Crippen molar-refractivity contribution in [3.8, 4) is 0 Å². The van der Waals surface area contributed by atoms with Gasteiger partial charge in [0.1, 0.15) is 27.5 Å². The van der Waals surface area contributed by atoms with Crippen molar-refractivity contribution in [3.63, 3.8) is 0 Å². The van der Waals surface area contributed by atoms with Gasteiger partial charge in [0, 0.05) is 26.2 Å². The lowest BCUT2D eigenvalue weighted by molar-refractivity contribution is -0.138. The summed E-state index contributed by atoms with van der Waals surface area (Å²) >= 11 is 15.4. The van der Waals surface area contributed by atoms with Gasteiger partial charge in [-0.3, -0.25) is 24.0 Å². The smallest absolute Gasteiger partial charge is 0.325 e. The Bertz CT molecular complexity index is 678. The summed E-state index contributed by atoms with van der Waals surface area (Å²) in [5.74, 6) is -5.01. The molecule has 0 aliphatic rings. The van der Waals surface area contributed by atoms with Crippen molar-refractivity contribution >= 4 is 86.2 Å². The topological polar surface area (TPSA) is 207 Å². The lowest BCUT2D eigenvalue weighted by Gasteiger charge is -2.17. The molecule has 0 rings (SSSR count). The predicted molar refractivity (Wildman–Crippen MR) is 128 cm³/mol. The van der Waals surface area contributed by atoms with Gasteiger partial charge in [-0.25, -0.2) is 4.99 Å². The first kappa shape index (κ1) is 30.0. The molecule has 0 aromatic heterocycles. The molecule has 0 fully saturated rings. The highest BCUT2D eigenvalue weighted by atomic mass is 32.1. The molecule has 2 amide bonds. The highest BCUT2D eigenvalue weighted by molar-refractivity contribution is 7.86. The predicted octanol–water partition coefficient (Wildman–Crippen LogP) is -2.80. The third-order valence-electron chi connectivity index (χ3n) is 3.45. The van der Waals surface area contributed by atoms with Crippen molar-refractivity contribution in [2.75, 3.05) is 32.7 Å². The number of hydrogen-bond acceptors (Lipinski definition) is 10. The molecule has 182 valence electrons. The highest BCUT2D eigenvalue weighted by Crippen LogP contribution is 2.10. The lowest BCUT2D eigenvalue weighted by atomic mass is 10.3. The van der Waals surface area contributed by atoms with Crippen LogP contribution < -0.4 is 21.3 Å². The quantitative estimate of drug-likeness (QED) is 0.0480. The zero-order valence-corrected chi connectivity index (χ0v) is 20.0. The van der Waals surface area contributed by atoms with Crippen molar-refractivity contribution < 1.29 is 39.3 Å². The number of thiol groups is 4. The van der Waals surface area contributed by atoms with Crippen molar-refractivity contribution in [1.29, 1.82) is 0 Å². The number of rotatable bonds is 14. The Morgan fingerprint density at radius 1 is 0.625 bits per heavy atom. The zero-order valence-electron chi connectivity index (χ0n) is 16.5. The summed E-state index contributed by atoms with van der Waals surface area (Å²) in [5, 5.41) is 31.9. The first-order chi connectivity index (χ1) is 14.9. The van der Waals surface area contributed by atoms with E-state index in [0.717, 1.165) is 0 Å². The molecule has 0 aliphatic carbocycles. The van der Waals surface area contributed by atoms with Crippen LogP contribution in [0, 0.1) is 0 Å². The largest absolute Gasteiger partial charge is 0.480 e. The number of carbonyl (C=O) groups excluding carboxylic acids is 2. The molecule has 13 nitrogen and oxygen atoms in total. The minimum absolute atomic E-state index is 0.0420. The Labute approximate surface area is 205 Å². The molecule has 32 heavy (non-hydrogen) atoms. The fourth-order valence-corrected chi connectivity index (χ4v) is 2.53. The van der Waals surface area contributed by atoms with E-state index in [9.17, 15) is 24.0 Å². The van der Waals surface area contributed by atoms with Crippen LogP contribution >= 0.6 is 50.5 Å². The monoisotopic (exact) mass is 531 g/mol. The third kappa shape index (κ3) is 12.2. The molecule has 0 aromatic carbocycles. The SMILES string of the molecule is O=C(O)CN=C(NCCNC(=O)C(S)C(S)C(=O)O)NCCNC(=O)C(S)C(S)C(=O)O. The standard InChI is InChI=1S/C15H25N5O8S4/c21-6(22)5-20-15(18-3-1-16-11(23)7(29)9(31)13(25)26)19-4-2-17-12(24)8(30)10(32)14(27)28/h7-10,29-32H,1-5H2,(H,16,23)(H,17,24)(H,21,22)(H,25,26)(H,27,28)(H2,18,19,20). The average Bonchev–Trinajstić information content (AvgIpc) is 2.74. The van der Waals surface area contributed by atoms with Crippen LogP contribution in [0.25, 0.3) is 0 Å². The first-order valence-electron chi connectivity index (χ1n) is 8.85. The van der Waals surface area contributed by atoms with E-state index in [-0.39, 0.29) is 32.1 Å². The summed E-state index contributed by atoms with van der Waals surface area (Å²) in [6.07, 6.45) is 0. The van der Waals surface area contributed by atoms with Crippen LogP contribution in [0.1, 0.15) is 0 Å². The van der Waals surface area contributed by atoms with E-state index >= 15 is 0 Å². The van der Waals surface area contributed by atoms with E-state index < -0.39 is 57.3 Å². The number of guanidine groups is 1. The Balaban J connectivity index is 4.51. The second-order valence-electron chi connectivity index (χ2n) is 5.95. The number of nitrogens with zero attached hydrogens (tertiary/aromatic N) is 1. The Morgan fingerprint density at radius 3 is 1.28 bits per heavy atom. The van der Waals surface area contributed by atoms with E-state index in [0.29, 0.717) is 0 Å². The van der Waals surface area contributed by atoms with E-state index in [2.05, 4.69) is 76.8 Å². The Hall–Kier alpha value is -1.98. The van der Waals surface area contributed by atoms with Crippen LogP contribution in [-0.2, 0) is 24.0 Å². The zero-order chi connectivity index (χ0) is 24.8. The number of carboxylic acids is 3. The minimum Gasteiger partial charge on any atom is -0.480 e. The molecule has 17 heteroatoms. The molecule has 4 unspecified atom stereocenters. The maximum atomic E-state index is 11.8. The van der Waals surface area contributed by atoms with Crippen LogP contribution in [0.3, 0.4) is 0 Å². The maximum Gasteiger partial charge on any atom is 0.325 e. The molecule has 7 N–H and O–H groups in total. The second kappa shape index (κ2) is 15.8. The van der Waals surface area contributed by atoms with E-state index in [1.54, 1.807) is 0 Å². The van der Waals surface area contributed by atoms with Gasteiger partial charge in [-0.15, -0.1) is 0 Å². The summed E-state index contributed by atoms with van der Waals surface area (Å²) in [5.41, 5.74) is 0. The van der Waals surface area contributed by atoms with Crippen LogP contribution in [-0.4, -0.2) is 105 Å². The van der Waals surface area contributed by atoms with Crippen molar-refractivity contribution in [2.24, 2.45) is 4.99 Å². The molecule has 0 saturated heterocycles. The maximum absolute atomic E-state index is 11.8.